The van der Waals surface area contributed by atoms with E-state index in [9.17, 15) is 27.9 Å². The van der Waals surface area contributed by atoms with Crippen LogP contribution in [0.15, 0.2) is 137 Å². The standard InChI is InChI=1S/C49H38Cl2F3N7O6/c1-59(2)32-11-7-30(8-12-32)56-57-31-9-13-33(14-10-31)60-44(63)36-17-16-35-37(41(36)46(60)65)22-38-45(64)61(58-43-39(51)21-28(23-55-43)49(52,53)54)47(66)48(38,27-3-5-29(50)6-4-27)42(35)26-19-25-20-34(62)15-18-40(25)67-24-26/h3-16,18,20-21,23-24,36-38,41-42,62H,17,19,22H2,1-2H3,(H,55,58). The van der Waals surface area contributed by atoms with E-state index in [1.807, 2.05) is 49.3 Å². The van der Waals surface area contributed by atoms with Gasteiger partial charge < -0.3 is 14.7 Å². The molecule has 0 radical (unpaired) electrons. The number of aromatic hydroxyl groups is 1. The molecule has 6 unspecified atom stereocenters. The molecule has 5 aliphatic rings. The van der Waals surface area contributed by atoms with Crippen LogP contribution < -0.4 is 20.0 Å². The number of halogens is 5. The number of nitrogens with zero attached hydrogens (tertiary/aromatic N) is 6. The number of imide groups is 2. The zero-order valence-corrected chi connectivity index (χ0v) is 37.1. The molecular formula is C49H38Cl2F3N7O6. The van der Waals surface area contributed by atoms with Gasteiger partial charge in [-0.1, -0.05) is 47.0 Å². The molecule has 5 aromatic rings. The fourth-order valence-corrected chi connectivity index (χ4v) is 10.8. The van der Waals surface area contributed by atoms with Gasteiger partial charge in [-0.3, -0.25) is 29.5 Å². The molecule has 4 heterocycles. The highest BCUT2D eigenvalue weighted by molar-refractivity contribution is 6.33. The predicted octanol–water partition coefficient (Wildman–Crippen LogP) is 10.1. The van der Waals surface area contributed by atoms with E-state index in [4.69, 9.17) is 27.9 Å². The summed E-state index contributed by atoms with van der Waals surface area (Å²) in [6.07, 6.45) is -0.619. The van der Waals surface area contributed by atoms with Crippen LogP contribution in [0.1, 0.15) is 29.5 Å². The lowest BCUT2D eigenvalue weighted by atomic mass is 9.48. The van der Waals surface area contributed by atoms with Gasteiger partial charge in [-0.2, -0.15) is 28.4 Å². The number of benzene rings is 4. The fraction of sp³-hybridized carbons (Fsp3) is 0.245. The third kappa shape index (κ3) is 7.29. The highest BCUT2D eigenvalue weighted by atomic mass is 35.5. The average molecular weight is 949 g/mol. The Morgan fingerprint density at radius 1 is 0.866 bits per heavy atom. The number of nitrogens with one attached hydrogen (secondary N) is 1. The number of aromatic nitrogens is 1. The number of alkyl halides is 3. The quantitative estimate of drug-likeness (QED) is 0.0878. The average Bonchev–Trinajstić information content (AvgIpc) is 3.69. The molecule has 340 valence electrons. The Labute approximate surface area is 391 Å². The minimum Gasteiger partial charge on any atom is -0.508 e. The lowest BCUT2D eigenvalue weighted by Gasteiger charge is -2.51. The molecule has 6 atom stereocenters. The summed E-state index contributed by atoms with van der Waals surface area (Å²) in [6, 6.07) is 25.8. The highest BCUT2D eigenvalue weighted by Crippen LogP contribution is 2.63. The first kappa shape index (κ1) is 43.8. The van der Waals surface area contributed by atoms with Crippen molar-refractivity contribution in [3.8, 4) is 11.5 Å². The van der Waals surface area contributed by atoms with Crippen molar-refractivity contribution in [3.05, 3.63) is 153 Å². The summed E-state index contributed by atoms with van der Waals surface area (Å²) >= 11 is 12.7. The molecule has 2 saturated heterocycles. The van der Waals surface area contributed by atoms with Gasteiger partial charge in [-0.15, -0.1) is 0 Å². The minimum absolute atomic E-state index is 0.0280. The second-order valence-electron chi connectivity index (χ2n) is 17.3. The van der Waals surface area contributed by atoms with Gasteiger partial charge >= 0.3 is 6.18 Å². The topological polar surface area (TPSA) is 157 Å². The van der Waals surface area contributed by atoms with Crippen LogP contribution in [0, 0.1) is 29.6 Å². The predicted molar refractivity (Wildman–Crippen MR) is 242 cm³/mol. The lowest BCUT2D eigenvalue weighted by molar-refractivity contribution is -0.139. The third-order valence-corrected chi connectivity index (χ3v) is 14.0. The molecule has 1 saturated carbocycles. The van der Waals surface area contributed by atoms with E-state index in [1.165, 1.54) is 17.2 Å². The molecule has 67 heavy (non-hydrogen) atoms. The minimum atomic E-state index is -4.77. The molecular weight excluding hydrogens is 910 g/mol. The van der Waals surface area contributed by atoms with Crippen LogP contribution in [0.2, 0.25) is 10.0 Å². The van der Waals surface area contributed by atoms with Gasteiger partial charge in [-0.05, 0) is 115 Å². The highest BCUT2D eigenvalue weighted by Gasteiger charge is 2.71. The van der Waals surface area contributed by atoms with Crippen molar-refractivity contribution in [2.75, 3.05) is 29.3 Å². The number of fused-ring (bicyclic) bond motifs is 5. The second kappa shape index (κ2) is 16.4. The van der Waals surface area contributed by atoms with Gasteiger partial charge in [0, 0.05) is 48.9 Å². The number of azo groups is 1. The largest absolute Gasteiger partial charge is 0.508 e. The van der Waals surface area contributed by atoms with Crippen molar-refractivity contribution in [1.82, 2.24) is 9.99 Å². The summed E-state index contributed by atoms with van der Waals surface area (Å²) in [4.78, 5) is 67.0. The zero-order chi connectivity index (χ0) is 47.1. The first-order valence-electron chi connectivity index (χ1n) is 21.2. The number of pyridine rings is 1. The van der Waals surface area contributed by atoms with E-state index >= 15 is 9.59 Å². The van der Waals surface area contributed by atoms with Crippen LogP contribution in [0.4, 0.5) is 41.7 Å². The smallest absolute Gasteiger partial charge is 0.417 e. The number of hydrazine groups is 1. The Morgan fingerprint density at radius 2 is 1.55 bits per heavy atom. The summed E-state index contributed by atoms with van der Waals surface area (Å²) in [5.74, 6) is -7.08. The molecule has 0 spiro atoms. The maximum absolute atomic E-state index is 15.6. The first-order chi connectivity index (χ1) is 32.0. The van der Waals surface area contributed by atoms with Crippen molar-refractivity contribution in [2.45, 2.75) is 30.9 Å². The Hall–Kier alpha value is -7.04. The van der Waals surface area contributed by atoms with Crippen LogP contribution in [0.3, 0.4) is 0 Å². The Kier molecular flexibility index (Phi) is 10.7. The second-order valence-corrected chi connectivity index (χ2v) is 18.2. The van der Waals surface area contributed by atoms with Crippen LogP contribution in [0.25, 0.3) is 0 Å². The molecule has 13 nitrogen and oxygen atoms in total. The molecule has 0 bridgehead atoms. The number of allylic oxidation sites excluding steroid dienone is 3. The van der Waals surface area contributed by atoms with Gasteiger partial charge in [0.05, 0.1) is 57.1 Å². The van der Waals surface area contributed by atoms with Crippen molar-refractivity contribution in [2.24, 2.45) is 39.8 Å². The molecule has 4 amide bonds. The third-order valence-electron chi connectivity index (χ3n) is 13.5. The molecule has 10 rings (SSSR count). The van der Waals surface area contributed by atoms with E-state index in [2.05, 4.69) is 20.6 Å². The number of carbonyl (C=O) groups excluding carboxylic acids is 4. The van der Waals surface area contributed by atoms with Crippen LogP contribution in [0.5, 0.6) is 11.5 Å². The summed E-state index contributed by atoms with van der Waals surface area (Å²) in [5, 5.41) is 19.8. The Balaban J connectivity index is 1.04. The van der Waals surface area contributed by atoms with Crippen molar-refractivity contribution in [1.29, 1.82) is 0 Å². The number of anilines is 3. The maximum atomic E-state index is 15.6. The number of amides is 4. The number of hydrogen-bond donors (Lipinski definition) is 2. The van der Waals surface area contributed by atoms with E-state index < -0.39 is 75.4 Å². The number of carbonyl (C=O) groups is 4. The van der Waals surface area contributed by atoms with E-state index in [1.54, 1.807) is 60.7 Å². The fourth-order valence-electron chi connectivity index (χ4n) is 10.5. The van der Waals surface area contributed by atoms with Crippen LogP contribution in [-0.2, 0) is 37.2 Å². The van der Waals surface area contributed by atoms with Crippen molar-refractivity contribution >= 4 is 75.4 Å². The summed E-state index contributed by atoms with van der Waals surface area (Å²) in [6.45, 7) is 0. The molecule has 3 aliphatic heterocycles. The molecule has 2 N–H and O–H groups in total. The van der Waals surface area contributed by atoms with Gasteiger partial charge in [0.25, 0.3) is 11.8 Å². The normalized spacial score (nSPS) is 24.4. The molecule has 3 fully saturated rings. The van der Waals surface area contributed by atoms with E-state index in [0.29, 0.717) is 62.4 Å². The summed E-state index contributed by atoms with van der Waals surface area (Å²) in [5.41, 5.74) is 4.35. The van der Waals surface area contributed by atoms with E-state index in [0.717, 1.165) is 10.7 Å². The Morgan fingerprint density at radius 3 is 2.21 bits per heavy atom. The van der Waals surface area contributed by atoms with Gasteiger partial charge in [0.1, 0.15) is 11.5 Å². The Bertz CT molecular complexity index is 2980. The molecule has 1 aromatic heterocycles. The van der Waals surface area contributed by atoms with Crippen LogP contribution in [-0.4, -0.2) is 52.8 Å². The number of phenols is 1. The molecule has 18 heteroatoms. The number of rotatable bonds is 8. The molecule has 4 aromatic carbocycles. The number of ether oxygens (including phenoxy) is 1. The SMILES string of the molecule is CN(C)c1ccc(N=Nc2ccc(N3C(=O)C4CC=C5C(CC6C(=O)N(Nc7ncc(C(F)(F)F)cc7Cl)C(=O)C6(c6ccc(Cl)cc6)C5C5=COc6ccc(O)cc6C5)C4C3=O)cc2)cc1. The van der Waals surface area contributed by atoms with Gasteiger partial charge in [0.15, 0.2) is 5.82 Å². The van der Waals surface area contributed by atoms with Crippen molar-refractivity contribution in [3.63, 3.8) is 0 Å². The number of phenolic OH excluding ortho intramolecular Hbond substituents is 1. The van der Waals surface area contributed by atoms with Crippen molar-refractivity contribution < 1.29 is 42.2 Å². The first-order valence-corrected chi connectivity index (χ1v) is 22.0. The summed E-state index contributed by atoms with van der Waals surface area (Å²) in [7, 11) is 3.87. The monoisotopic (exact) mass is 947 g/mol. The van der Waals surface area contributed by atoms with E-state index in [-0.39, 0.29) is 30.8 Å². The van der Waals surface area contributed by atoms with Gasteiger partial charge in [0.2, 0.25) is 11.8 Å². The lowest BCUT2D eigenvalue weighted by Crippen LogP contribution is -2.55. The van der Waals surface area contributed by atoms with Gasteiger partial charge in [-0.25, -0.2) is 4.98 Å². The molecule has 2 aliphatic carbocycles. The van der Waals surface area contributed by atoms with Crippen LogP contribution >= 0.6 is 23.2 Å². The maximum Gasteiger partial charge on any atom is 0.417 e. The number of hydrogen-bond acceptors (Lipinski definition) is 11. The zero-order valence-electron chi connectivity index (χ0n) is 35.5. The summed E-state index contributed by atoms with van der Waals surface area (Å²) < 4.78 is 47.1.